The second-order valence-electron chi connectivity index (χ2n) is 5.55. The summed E-state index contributed by atoms with van der Waals surface area (Å²) in [4.78, 5) is 12.6. The Hall–Kier alpha value is -1.02. The SMILES string of the molecule is O=C(NC1CC1)C1(c2cccc(Cl)c2)CCCC1. The predicted molar refractivity (Wildman–Crippen MR) is 72.8 cm³/mol. The van der Waals surface area contributed by atoms with Crippen molar-refractivity contribution < 1.29 is 4.79 Å². The largest absolute Gasteiger partial charge is 0.353 e. The molecule has 0 saturated heterocycles. The highest BCUT2D eigenvalue weighted by molar-refractivity contribution is 6.30. The molecular formula is C15H18ClNO. The van der Waals surface area contributed by atoms with E-state index < -0.39 is 0 Å². The number of halogens is 1. The minimum absolute atomic E-state index is 0.213. The van der Waals surface area contributed by atoms with Crippen molar-refractivity contribution in [3.63, 3.8) is 0 Å². The molecule has 0 heterocycles. The molecule has 96 valence electrons. The summed E-state index contributed by atoms with van der Waals surface area (Å²) in [6.07, 6.45) is 6.43. The smallest absolute Gasteiger partial charge is 0.230 e. The quantitative estimate of drug-likeness (QED) is 0.889. The molecule has 1 N–H and O–H groups in total. The second kappa shape index (κ2) is 4.58. The molecule has 0 radical (unpaired) electrons. The van der Waals surface area contributed by atoms with Crippen LogP contribution in [0.4, 0.5) is 0 Å². The molecular weight excluding hydrogens is 246 g/mol. The fourth-order valence-corrected chi connectivity index (χ4v) is 3.15. The molecule has 3 heteroatoms. The van der Waals surface area contributed by atoms with Crippen molar-refractivity contribution in [1.82, 2.24) is 5.32 Å². The van der Waals surface area contributed by atoms with E-state index in [0.29, 0.717) is 6.04 Å². The van der Waals surface area contributed by atoms with Gasteiger partial charge in [0.2, 0.25) is 5.91 Å². The first kappa shape index (κ1) is 12.0. The summed E-state index contributed by atoms with van der Waals surface area (Å²) in [5.74, 6) is 0.213. The number of hydrogen-bond donors (Lipinski definition) is 1. The predicted octanol–water partition coefficient (Wildman–Crippen LogP) is 3.43. The minimum atomic E-state index is -0.326. The van der Waals surface area contributed by atoms with E-state index in [9.17, 15) is 4.79 Å². The van der Waals surface area contributed by atoms with Crippen LogP contribution >= 0.6 is 11.6 Å². The normalized spacial score (nSPS) is 21.8. The third kappa shape index (κ3) is 2.14. The summed E-state index contributed by atoms with van der Waals surface area (Å²) < 4.78 is 0. The van der Waals surface area contributed by atoms with Crippen LogP contribution in [-0.4, -0.2) is 11.9 Å². The van der Waals surface area contributed by atoms with E-state index in [1.54, 1.807) is 0 Å². The number of hydrogen-bond acceptors (Lipinski definition) is 1. The maximum atomic E-state index is 12.6. The standard InChI is InChI=1S/C15H18ClNO/c16-12-5-3-4-11(10-12)15(8-1-2-9-15)14(18)17-13-6-7-13/h3-5,10,13H,1-2,6-9H2,(H,17,18). The highest BCUT2D eigenvalue weighted by atomic mass is 35.5. The van der Waals surface area contributed by atoms with E-state index >= 15 is 0 Å². The van der Waals surface area contributed by atoms with Crippen molar-refractivity contribution in [3.8, 4) is 0 Å². The number of amides is 1. The molecule has 18 heavy (non-hydrogen) atoms. The molecule has 3 rings (SSSR count). The van der Waals surface area contributed by atoms with Gasteiger partial charge in [-0.15, -0.1) is 0 Å². The van der Waals surface area contributed by atoms with Gasteiger partial charge in [0.15, 0.2) is 0 Å². The fraction of sp³-hybridized carbons (Fsp3) is 0.533. The van der Waals surface area contributed by atoms with Crippen molar-refractivity contribution in [2.24, 2.45) is 0 Å². The lowest BCUT2D eigenvalue weighted by Gasteiger charge is -2.28. The zero-order valence-electron chi connectivity index (χ0n) is 10.4. The van der Waals surface area contributed by atoms with Crippen LogP contribution in [0.5, 0.6) is 0 Å². The van der Waals surface area contributed by atoms with Gasteiger partial charge < -0.3 is 5.32 Å². The van der Waals surface area contributed by atoms with Gasteiger partial charge in [0.25, 0.3) is 0 Å². The number of rotatable bonds is 3. The Morgan fingerprint density at radius 3 is 2.61 bits per heavy atom. The van der Waals surface area contributed by atoms with Gasteiger partial charge in [-0.05, 0) is 43.4 Å². The highest BCUT2D eigenvalue weighted by Gasteiger charge is 2.44. The van der Waals surface area contributed by atoms with Crippen molar-refractivity contribution in [2.75, 3.05) is 0 Å². The molecule has 1 amide bonds. The van der Waals surface area contributed by atoms with Crippen LogP contribution in [0.2, 0.25) is 5.02 Å². The fourth-order valence-electron chi connectivity index (χ4n) is 2.96. The molecule has 1 aromatic carbocycles. The Bertz CT molecular complexity index is 461. The number of benzene rings is 1. The Kier molecular flexibility index (Phi) is 3.06. The molecule has 0 aromatic heterocycles. The summed E-state index contributed by atoms with van der Waals surface area (Å²) in [6, 6.07) is 8.24. The van der Waals surface area contributed by atoms with E-state index in [1.807, 2.05) is 24.3 Å². The molecule has 0 aliphatic heterocycles. The number of carbonyl (C=O) groups excluding carboxylic acids is 1. The van der Waals surface area contributed by atoms with E-state index in [1.165, 1.54) is 0 Å². The van der Waals surface area contributed by atoms with Gasteiger partial charge in [0, 0.05) is 11.1 Å². The second-order valence-corrected chi connectivity index (χ2v) is 5.98. The van der Waals surface area contributed by atoms with Crippen molar-refractivity contribution in [1.29, 1.82) is 0 Å². The van der Waals surface area contributed by atoms with Crippen LogP contribution < -0.4 is 5.32 Å². The molecule has 0 unspecified atom stereocenters. The zero-order chi connectivity index (χ0) is 12.6. The van der Waals surface area contributed by atoms with Gasteiger partial charge in [-0.2, -0.15) is 0 Å². The molecule has 0 bridgehead atoms. The monoisotopic (exact) mass is 263 g/mol. The minimum Gasteiger partial charge on any atom is -0.353 e. The first-order valence-corrected chi connectivity index (χ1v) is 7.15. The first-order valence-electron chi connectivity index (χ1n) is 6.78. The van der Waals surface area contributed by atoms with Gasteiger partial charge in [0.1, 0.15) is 0 Å². The summed E-state index contributed by atoms with van der Waals surface area (Å²) in [5, 5.41) is 3.89. The zero-order valence-corrected chi connectivity index (χ0v) is 11.2. The van der Waals surface area contributed by atoms with E-state index in [4.69, 9.17) is 11.6 Å². The average molecular weight is 264 g/mol. The number of nitrogens with one attached hydrogen (secondary N) is 1. The van der Waals surface area contributed by atoms with E-state index in [2.05, 4.69) is 5.32 Å². The Labute approximate surface area is 113 Å². The third-order valence-electron chi connectivity index (χ3n) is 4.18. The molecule has 2 nitrogen and oxygen atoms in total. The molecule has 0 atom stereocenters. The van der Waals surface area contributed by atoms with Crippen LogP contribution in [0.25, 0.3) is 0 Å². The Morgan fingerprint density at radius 1 is 1.28 bits per heavy atom. The topological polar surface area (TPSA) is 29.1 Å². The molecule has 2 aliphatic rings. The van der Waals surface area contributed by atoms with E-state index in [0.717, 1.165) is 49.1 Å². The van der Waals surface area contributed by atoms with Crippen LogP contribution in [-0.2, 0) is 10.2 Å². The lowest BCUT2D eigenvalue weighted by molar-refractivity contribution is -0.126. The van der Waals surface area contributed by atoms with Gasteiger partial charge >= 0.3 is 0 Å². The number of carbonyl (C=O) groups is 1. The van der Waals surface area contributed by atoms with Crippen molar-refractivity contribution in [2.45, 2.75) is 50.0 Å². The lowest BCUT2D eigenvalue weighted by atomic mass is 9.78. The van der Waals surface area contributed by atoms with Crippen LogP contribution in [0, 0.1) is 0 Å². The maximum absolute atomic E-state index is 12.6. The van der Waals surface area contributed by atoms with Crippen molar-refractivity contribution in [3.05, 3.63) is 34.9 Å². The maximum Gasteiger partial charge on any atom is 0.230 e. The summed E-state index contributed by atoms with van der Waals surface area (Å²) >= 11 is 6.08. The van der Waals surface area contributed by atoms with Crippen molar-refractivity contribution >= 4 is 17.5 Å². The Balaban J connectivity index is 1.92. The summed E-state index contributed by atoms with van der Waals surface area (Å²) in [6.45, 7) is 0. The summed E-state index contributed by atoms with van der Waals surface area (Å²) in [5.41, 5.74) is 0.763. The Morgan fingerprint density at radius 2 is 2.00 bits per heavy atom. The van der Waals surface area contributed by atoms with Gasteiger partial charge in [-0.25, -0.2) is 0 Å². The first-order chi connectivity index (χ1) is 8.71. The molecule has 2 fully saturated rings. The van der Waals surface area contributed by atoms with Crippen LogP contribution in [0.15, 0.2) is 24.3 Å². The molecule has 2 saturated carbocycles. The highest BCUT2D eigenvalue weighted by Crippen LogP contribution is 2.42. The van der Waals surface area contributed by atoms with Crippen LogP contribution in [0.1, 0.15) is 44.1 Å². The average Bonchev–Trinajstić information content (AvgIpc) is 3.03. The summed E-state index contributed by atoms with van der Waals surface area (Å²) in [7, 11) is 0. The van der Waals surface area contributed by atoms with Crippen LogP contribution in [0.3, 0.4) is 0 Å². The van der Waals surface area contributed by atoms with Gasteiger partial charge in [-0.1, -0.05) is 36.6 Å². The van der Waals surface area contributed by atoms with E-state index in [-0.39, 0.29) is 11.3 Å². The molecule has 1 aromatic rings. The lowest BCUT2D eigenvalue weighted by Crippen LogP contribution is -2.43. The molecule has 2 aliphatic carbocycles. The molecule has 0 spiro atoms. The third-order valence-corrected chi connectivity index (χ3v) is 4.42. The van der Waals surface area contributed by atoms with Gasteiger partial charge in [0.05, 0.1) is 5.41 Å². The van der Waals surface area contributed by atoms with Gasteiger partial charge in [-0.3, -0.25) is 4.79 Å².